The van der Waals surface area contributed by atoms with Gasteiger partial charge in [-0.05, 0) is 48.0 Å². The van der Waals surface area contributed by atoms with Crippen molar-refractivity contribution >= 4 is 15.7 Å². The van der Waals surface area contributed by atoms with E-state index in [0.717, 1.165) is 6.07 Å². The molecule has 0 saturated heterocycles. The van der Waals surface area contributed by atoms with Crippen LogP contribution in [-0.4, -0.2) is 37.0 Å². The lowest BCUT2D eigenvalue weighted by molar-refractivity contribution is 0.209. The van der Waals surface area contributed by atoms with Gasteiger partial charge in [-0.3, -0.25) is 9.67 Å². The fourth-order valence-corrected chi connectivity index (χ4v) is 5.05. The molecule has 2 aromatic carbocycles. The van der Waals surface area contributed by atoms with Crippen molar-refractivity contribution in [2.24, 2.45) is 0 Å². The van der Waals surface area contributed by atoms with Crippen molar-refractivity contribution in [2.45, 2.75) is 11.4 Å². The Hall–Kier alpha value is -4.21. The van der Waals surface area contributed by atoms with Crippen molar-refractivity contribution in [2.75, 3.05) is 18.1 Å². The smallest absolute Gasteiger partial charge is 0.269 e. The zero-order valence-electron chi connectivity index (χ0n) is 18.8. The zero-order chi connectivity index (χ0) is 25.9. The molecular weight excluding hydrogens is 495 g/mol. The minimum Gasteiger partial charge on any atom is -0.363 e. The fourth-order valence-electron chi connectivity index (χ4n) is 3.59. The number of benzene rings is 2. The number of hydrogen-bond donors (Lipinski definition) is 0. The molecule has 0 bridgehead atoms. The second-order valence-electron chi connectivity index (χ2n) is 7.47. The van der Waals surface area contributed by atoms with Crippen LogP contribution in [0.1, 0.15) is 0 Å². The van der Waals surface area contributed by atoms with Crippen molar-refractivity contribution in [3.8, 4) is 28.5 Å². The van der Waals surface area contributed by atoms with Gasteiger partial charge < -0.3 is 4.74 Å². The predicted molar refractivity (Wildman–Crippen MR) is 124 cm³/mol. The van der Waals surface area contributed by atoms with E-state index in [-0.39, 0.29) is 17.8 Å². The molecule has 12 heteroatoms. The van der Waals surface area contributed by atoms with Gasteiger partial charge in [0.05, 0.1) is 11.8 Å². The molecule has 2 aromatic heterocycles. The summed E-state index contributed by atoms with van der Waals surface area (Å²) in [7, 11) is -3.60. The minimum absolute atomic E-state index is 0.0768. The summed E-state index contributed by atoms with van der Waals surface area (Å²) in [5, 5.41) is 13.4. The largest absolute Gasteiger partial charge is 0.363 e. The molecular formula is C24H18F3N5O3S. The lowest BCUT2D eigenvalue weighted by Gasteiger charge is -2.25. The number of anilines is 1. The van der Waals surface area contributed by atoms with E-state index in [1.165, 1.54) is 42.4 Å². The maximum absolute atomic E-state index is 16.0. The molecule has 0 radical (unpaired) electrons. The van der Waals surface area contributed by atoms with Gasteiger partial charge in [-0.1, -0.05) is 6.07 Å². The number of nitriles is 1. The summed E-state index contributed by atoms with van der Waals surface area (Å²) in [6, 6.07) is 11.2. The van der Waals surface area contributed by atoms with Gasteiger partial charge in [0.15, 0.2) is 5.82 Å². The molecule has 2 heterocycles. The lowest BCUT2D eigenvalue weighted by atomic mass is 10.0. The van der Waals surface area contributed by atoms with Crippen molar-refractivity contribution in [1.29, 1.82) is 5.26 Å². The highest BCUT2D eigenvalue weighted by Crippen LogP contribution is 2.37. The van der Waals surface area contributed by atoms with E-state index < -0.39 is 44.8 Å². The highest BCUT2D eigenvalue weighted by molar-refractivity contribution is 7.92. The first-order valence-corrected chi connectivity index (χ1v) is 11.8. The molecule has 0 aliphatic carbocycles. The Kier molecular flexibility index (Phi) is 7.05. The normalized spacial score (nSPS) is 11.3. The number of halogens is 3. The molecule has 8 nitrogen and oxygen atoms in total. The van der Waals surface area contributed by atoms with Crippen LogP contribution >= 0.6 is 0 Å². The molecule has 0 amide bonds. The van der Waals surface area contributed by atoms with Crippen LogP contribution < -0.4 is 4.31 Å². The first kappa shape index (κ1) is 24.9. The third kappa shape index (κ3) is 4.66. The number of ether oxygens (including phenoxy) is 1. The van der Waals surface area contributed by atoms with Gasteiger partial charge in [0.2, 0.25) is 0 Å². The second kappa shape index (κ2) is 10.2. The molecule has 0 atom stereocenters. The van der Waals surface area contributed by atoms with Gasteiger partial charge in [-0.15, -0.1) is 0 Å². The highest BCUT2D eigenvalue weighted by Gasteiger charge is 2.32. The second-order valence-corrected chi connectivity index (χ2v) is 9.30. The summed E-state index contributed by atoms with van der Waals surface area (Å²) in [4.78, 5) is 2.99. The van der Waals surface area contributed by atoms with E-state index in [4.69, 9.17) is 10.00 Å². The fraction of sp³-hybridized carbons (Fsp3) is 0.125. The summed E-state index contributed by atoms with van der Waals surface area (Å²) < 4.78 is 77.5. The monoisotopic (exact) mass is 513 g/mol. The molecule has 36 heavy (non-hydrogen) atoms. The molecule has 0 spiro atoms. The van der Waals surface area contributed by atoms with Gasteiger partial charge in [-0.25, -0.2) is 25.9 Å². The third-order valence-electron chi connectivity index (χ3n) is 5.20. The Labute approximate surface area is 204 Å². The Morgan fingerprint density at radius 1 is 1.08 bits per heavy atom. The van der Waals surface area contributed by atoms with Crippen LogP contribution in [0.15, 0.2) is 72.0 Å². The summed E-state index contributed by atoms with van der Waals surface area (Å²) in [5.41, 5.74) is 0.710. The number of pyridine rings is 1. The van der Waals surface area contributed by atoms with E-state index in [2.05, 4.69) is 10.1 Å². The Morgan fingerprint density at radius 3 is 2.53 bits per heavy atom. The summed E-state index contributed by atoms with van der Waals surface area (Å²) in [5.74, 6) is -3.18. The van der Waals surface area contributed by atoms with Crippen molar-refractivity contribution in [3.63, 3.8) is 0 Å². The van der Waals surface area contributed by atoms with Gasteiger partial charge in [0.1, 0.15) is 35.5 Å². The van der Waals surface area contributed by atoms with Crippen LogP contribution in [0.3, 0.4) is 0 Å². The predicted octanol–water partition coefficient (Wildman–Crippen LogP) is 4.35. The molecule has 0 N–H and O–H groups in total. The molecule has 0 fully saturated rings. The van der Waals surface area contributed by atoms with Crippen molar-refractivity contribution < 1.29 is 26.3 Å². The summed E-state index contributed by atoms with van der Waals surface area (Å²) in [6.45, 7) is -0.791. The summed E-state index contributed by atoms with van der Waals surface area (Å²) >= 11 is 0. The molecule has 4 aromatic rings. The van der Waals surface area contributed by atoms with Crippen molar-refractivity contribution in [3.05, 3.63) is 84.6 Å². The van der Waals surface area contributed by atoms with Crippen LogP contribution in [0.2, 0.25) is 0 Å². The number of nitrogens with zero attached hydrogens (tertiary/aromatic N) is 5. The SMILES string of the molecule is COCN(c1cccc(-c2nn(CC#N)cc2-c2ccncc2)c1F)S(=O)(=O)c1cc(F)ccc1F. The number of rotatable bonds is 8. The van der Waals surface area contributed by atoms with Gasteiger partial charge in [-0.2, -0.15) is 10.4 Å². The quantitative estimate of drug-likeness (QED) is 0.325. The topological polar surface area (TPSA) is 101 Å². The molecule has 0 aliphatic heterocycles. The maximum atomic E-state index is 16.0. The van der Waals surface area contributed by atoms with Crippen LogP contribution in [0.5, 0.6) is 0 Å². The zero-order valence-corrected chi connectivity index (χ0v) is 19.6. The van der Waals surface area contributed by atoms with Crippen LogP contribution in [0.25, 0.3) is 22.4 Å². The van der Waals surface area contributed by atoms with E-state index in [9.17, 15) is 17.2 Å². The van der Waals surface area contributed by atoms with E-state index in [1.807, 2.05) is 6.07 Å². The molecule has 0 aliphatic rings. The molecule has 184 valence electrons. The first-order valence-electron chi connectivity index (χ1n) is 10.4. The molecule has 0 unspecified atom stereocenters. The standard InChI is InChI=1S/C24H18F3N5O3S/c1-35-15-32(36(33,34)22-13-17(25)5-6-20(22)26)21-4-2-3-18(23(21)27)24-19(14-31(30-24)12-9-28)16-7-10-29-11-8-16/h2-8,10-11,13-14H,12,15H2,1H3. The minimum atomic E-state index is -4.78. The Bertz CT molecular complexity index is 1550. The van der Waals surface area contributed by atoms with Gasteiger partial charge in [0.25, 0.3) is 10.0 Å². The average molecular weight is 514 g/mol. The van der Waals surface area contributed by atoms with E-state index in [0.29, 0.717) is 27.6 Å². The van der Waals surface area contributed by atoms with Crippen molar-refractivity contribution in [1.82, 2.24) is 14.8 Å². The van der Waals surface area contributed by atoms with E-state index >= 15 is 4.39 Å². The summed E-state index contributed by atoms with van der Waals surface area (Å²) in [6.07, 6.45) is 4.63. The first-order chi connectivity index (χ1) is 17.3. The molecule has 0 saturated carbocycles. The third-order valence-corrected chi connectivity index (χ3v) is 6.95. The van der Waals surface area contributed by atoms with E-state index in [1.54, 1.807) is 18.3 Å². The van der Waals surface area contributed by atoms with Crippen LogP contribution in [0.4, 0.5) is 18.9 Å². The Morgan fingerprint density at radius 2 is 1.83 bits per heavy atom. The van der Waals surface area contributed by atoms with Crippen LogP contribution in [0, 0.1) is 28.8 Å². The maximum Gasteiger partial charge on any atom is 0.269 e. The number of aromatic nitrogens is 3. The number of methoxy groups -OCH3 is 1. The van der Waals surface area contributed by atoms with Crippen LogP contribution in [-0.2, 0) is 21.3 Å². The lowest BCUT2D eigenvalue weighted by Crippen LogP contribution is -2.34. The molecule has 4 rings (SSSR count). The highest BCUT2D eigenvalue weighted by atomic mass is 32.2. The average Bonchev–Trinajstić information content (AvgIpc) is 3.28. The number of sulfonamides is 1. The number of hydrogen-bond acceptors (Lipinski definition) is 6. The van der Waals surface area contributed by atoms with Gasteiger partial charge >= 0.3 is 0 Å². The van der Waals surface area contributed by atoms with Gasteiger partial charge in [0, 0.05) is 36.8 Å². The Balaban J connectivity index is 1.90.